The molecule has 210 valence electrons. The molecule has 2 heterocycles. The molecule has 7 heteroatoms. The molecule has 0 radical (unpaired) electrons. The first kappa shape index (κ1) is 31.2. The summed E-state index contributed by atoms with van der Waals surface area (Å²) < 4.78 is 34.2. The van der Waals surface area contributed by atoms with Crippen molar-refractivity contribution < 1.29 is 23.4 Å². The van der Waals surface area contributed by atoms with Gasteiger partial charge in [0.15, 0.2) is 8.32 Å². The fourth-order valence-electron chi connectivity index (χ4n) is 5.66. The van der Waals surface area contributed by atoms with Crippen LogP contribution >= 0.6 is 22.6 Å². The first-order chi connectivity index (χ1) is 17.3. The Morgan fingerprint density at radius 1 is 1.05 bits per heavy atom. The zero-order chi connectivity index (χ0) is 27.3. The van der Waals surface area contributed by atoms with Crippen LogP contribution in [0.4, 0.5) is 0 Å². The van der Waals surface area contributed by atoms with Gasteiger partial charge >= 0.3 is 0 Å². The second-order valence-corrected chi connectivity index (χ2v) is 18.2. The van der Waals surface area contributed by atoms with Gasteiger partial charge < -0.3 is 23.4 Å². The number of benzene rings is 1. The molecule has 2 saturated heterocycles. The van der Waals surface area contributed by atoms with Gasteiger partial charge in [-0.25, -0.2) is 0 Å². The number of ether oxygens (including phenoxy) is 4. The molecule has 0 bridgehead atoms. The third-order valence-electron chi connectivity index (χ3n) is 7.68. The minimum Gasteiger partial charge on any atom is -0.412 e. The lowest BCUT2D eigenvalue weighted by Crippen LogP contribution is -2.69. The molecule has 0 unspecified atom stereocenters. The summed E-state index contributed by atoms with van der Waals surface area (Å²) in [6, 6.07) is 10.2. The van der Waals surface area contributed by atoms with E-state index in [9.17, 15) is 0 Å². The summed E-state index contributed by atoms with van der Waals surface area (Å²) in [6.45, 7) is 18.5. The van der Waals surface area contributed by atoms with E-state index in [0.717, 1.165) is 42.1 Å². The third-order valence-corrected chi connectivity index (χ3v) is 9.22. The maximum absolute atomic E-state index is 7.09. The average Bonchev–Trinajstić information content (AvgIpc) is 2.78. The monoisotopic (exact) mass is 644 g/mol. The second-order valence-electron chi connectivity index (χ2n) is 12.7. The number of allylic oxidation sites excluding steroid dienone is 2. The van der Waals surface area contributed by atoms with Gasteiger partial charge in [0.2, 0.25) is 0 Å². The van der Waals surface area contributed by atoms with Crippen molar-refractivity contribution in [2.24, 2.45) is 0 Å². The number of hydrogen-bond donors (Lipinski definition) is 0. The molecule has 2 fully saturated rings. The molecule has 3 rings (SSSR count). The molecule has 2 aliphatic heterocycles. The van der Waals surface area contributed by atoms with Gasteiger partial charge in [0.1, 0.15) is 6.79 Å². The van der Waals surface area contributed by atoms with E-state index in [1.807, 2.05) is 18.2 Å². The lowest BCUT2D eigenvalue weighted by molar-refractivity contribution is -0.341. The maximum Gasteiger partial charge on any atom is 0.184 e. The van der Waals surface area contributed by atoms with Crippen LogP contribution in [0, 0.1) is 0 Å². The van der Waals surface area contributed by atoms with Crippen molar-refractivity contribution in [3.05, 3.63) is 47.5 Å². The quantitative estimate of drug-likeness (QED) is 0.0580. The number of halogens is 1. The summed E-state index contributed by atoms with van der Waals surface area (Å²) in [5.41, 5.74) is 1.26. The van der Waals surface area contributed by atoms with Crippen LogP contribution < -0.4 is 0 Å². The van der Waals surface area contributed by atoms with E-state index in [0.29, 0.717) is 6.61 Å². The van der Waals surface area contributed by atoms with E-state index >= 15 is 0 Å². The van der Waals surface area contributed by atoms with Crippen LogP contribution in [0.3, 0.4) is 0 Å². The molecule has 6 atom stereocenters. The Balaban J connectivity index is 1.79. The van der Waals surface area contributed by atoms with Crippen LogP contribution in [-0.2, 0) is 30.0 Å². The van der Waals surface area contributed by atoms with E-state index in [2.05, 4.69) is 95.1 Å². The van der Waals surface area contributed by atoms with Crippen molar-refractivity contribution >= 4 is 30.9 Å². The van der Waals surface area contributed by atoms with Crippen molar-refractivity contribution in [2.45, 2.75) is 128 Å². The summed E-state index contributed by atoms with van der Waals surface area (Å²) in [5, 5.41) is 0. The Hall–Kier alpha value is -0.293. The van der Waals surface area contributed by atoms with E-state index in [1.165, 1.54) is 5.57 Å². The van der Waals surface area contributed by atoms with Gasteiger partial charge in [-0.05, 0) is 79.1 Å². The van der Waals surface area contributed by atoms with Crippen LogP contribution in [0.5, 0.6) is 0 Å². The molecule has 0 spiro atoms. The van der Waals surface area contributed by atoms with Gasteiger partial charge in [-0.15, -0.1) is 0 Å². The number of alkyl halides is 1. The van der Waals surface area contributed by atoms with Gasteiger partial charge in [-0.2, -0.15) is 0 Å². The highest BCUT2D eigenvalue weighted by atomic mass is 127. The highest BCUT2D eigenvalue weighted by molar-refractivity contribution is 14.1. The predicted octanol–water partition coefficient (Wildman–Crippen LogP) is 7.82. The summed E-state index contributed by atoms with van der Waals surface area (Å²) in [7, 11) is -1.77. The molecule has 5 nitrogen and oxygen atoms in total. The van der Waals surface area contributed by atoms with Gasteiger partial charge in [-0.1, -0.05) is 64.6 Å². The summed E-state index contributed by atoms with van der Waals surface area (Å²) >= 11 is 2.45. The third kappa shape index (κ3) is 8.59. The normalized spacial score (nSPS) is 34.1. The first-order valence-corrected chi connectivity index (χ1v) is 18.7. The van der Waals surface area contributed by atoms with Crippen LogP contribution in [0.15, 0.2) is 42.0 Å². The van der Waals surface area contributed by atoms with Crippen molar-refractivity contribution in [2.75, 3.05) is 11.2 Å². The molecule has 0 aliphatic carbocycles. The van der Waals surface area contributed by atoms with Crippen LogP contribution in [-0.4, -0.2) is 54.7 Å². The van der Waals surface area contributed by atoms with E-state index in [1.54, 1.807) is 0 Å². The van der Waals surface area contributed by atoms with E-state index in [4.69, 9.17) is 23.4 Å². The Labute approximate surface area is 240 Å². The van der Waals surface area contributed by atoms with E-state index in [-0.39, 0.29) is 30.7 Å². The zero-order valence-corrected chi connectivity index (χ0v) is 27.4. The molecular formula is C30H49IO5Si. The van der Waals surface area contributed by atoms with Crippen molar-refractivity contribution in [3.8, 4) is 0 Å². The summed E-state index contributed by atoms with van der Waals surface area (Å²) in [4.78, 5) is 0. The average molecular weight is 645 g/mol. The van der Waals surface area contributed by atoms with Gasteiger partial charge in [0, 0.05) is 17.3 Å². The predicted molar refractivity (Wildman–Crippen MR) is 162 cm³/mol. The van der Waals surface area contributed by atoms with Crippen LogP contribution in [0.2, 0.25) is 19.6 Å². The first-order valence-electron chi connectivity index (χ1n) is 13.8. The minimum absolute atomic E-state index is 0.0175. The minimum atomic E-state index is -1.77. The number of rotatable bonds is 12. The Morgan fingerprint density at radius 2 is 1.76 bits per heavy atom. The number of fused-ring (bicyclic) bond motifs is 1. The Bertz CT molecular complexity index is 886. The summed E-state index contributed by atoms with van der Waals surface area (Å²) in [5.74, 6) is 0. The molecule has 2 aliphatic rings. The molecule has 1 aromatic rings. The highest BCUT2D eigenvalue weighted by Crippen LogP contribution is 2.50. The lowest BCUT2D eigenvalue weighted by atomic mass is 9.73. The van der Waals surface area contributed by atoms with Crippen LogP contribution in [0.25, 0.3) is 0 Å². The van der Waals surface area contributed by atoms with Gasteiger partial charge in [-0.3, -0.25) is 0 Å². The van der Waals surface area contributed by atoms with Crippen molar-refractivity contribution in [3.63, 3.8) is 0 Å². The highest BCUT2D eigenvalue weighted by Gasteiger charge is 2.60. The fraction of sp³-hybridized carbons (Fsp3) is 0.733. The smallest absolute Gasteiger partial charge is 0.184 e. The standard InChI is InChI=1S/C30H49IO5Si/c1-23(2)13-12-16-29(4)25(33-22-32-21-24-14-10-9-11-15-24)19-26-30(5,36-29)20-27(35-37(6,7)8)28(3,34-26)17-18-31/h9-11,13-15,25-27H,12,16-22H2,1-8H3/t25-,26+,27+,28-,29+,30-/m0/s1. The van der Waals surface area contributed by atoms with Crippen molar-refractivity contribution in [1.82, 2.24) is 0 Å². The Kier molecular flexibility index (Phi) is 10.9. The zero-order valence-electron chi connectivity index (χ0n) is 24.3. The lowest BCUT2D eigenvalue weighted by Gasteiger charge is -2.60. The largest absolute Gasteiger partial charge is 0.412 e. The fourth-order valence-corrected chi connectivity index (χ4v) is 7.91. The number of hydrogen-bond acceptors (Lipinski definition) is 5. The molecule has 0 amide bonds. The van der Waals surface area contributed by atoms with Gasteiger partial charge in [0.05, 0.1) is 41.7 Å². The van der Waals surface area contributed by atoms with Crippen LogP contribution in [0.1, 0.15) is 72.3 Å². The molecule has 0 aromatic heterocycles. The molecule has 1 aromatic carbocycles. The van der Waals surface area contributed by atoms with E-state index < -0.39 is 19.5 Å². The second kappa shape index (κ2) is 12.9. The molecule has 37 heavy (non-hydrogen) atoms. The molecule has 0 saturated carbocycles. The summed E-state index contributed by atoms with van der Waals surface area (Å²) in [6.07, 6.45) is 6.54. The maximum atomic E-state index is 7.09. The topological polar surface area (TPSA) is 46.2 Å². The Morgan fingerprint density at radius 3 is 2.38 bits per heavy atom. The molecule has 0 N–H and O–H groups in total. The molecular weight excluding hydrogens is 595 g/mol. The van der Waals surface area contributed by atoms with Crippen molar-refractivity contribution in [1.29, 1.82) is 0 Å². The van der Waals surface area contributed by atoms with Gasteiger partial charge in [0.25, 0.3) is 0 Å². The SMILES string of the molecule is CC(C)=CCC[C@@]1(C)O[C@@]2(C)C[C@@H](O[Si](C)(C)C)[C@](C)(CCI)O[C@@H]2C[C@@H]1OCOCc1ccccc1.